The number of carbonyl (C=O) groups is 4. The Bertz CT molecular complexity index is 1290. The van der Waals surface area contributed by atoms with E-state index in [1.165, 1.54) is 11.0 Å². The van der Waals surface area contributed by atoms with Gasteiger partial charge in [-0.2, -0.15) is 0 Å². The first-order valence-electron chi connectivity index (χ1n) is 11.8. The quantitative estimate of drug-likeness (QED) is 0.524. The molecule has 1 atom stereocenters. The van der Waals surface area contributed by atoms with Crippen molar-refractivity contribution in [1.29, 1.82) is 0 Å². The van der Waals surface area contributed by atoms with E-state index >= 15 is 4.39 Å². The van der Waals surface area contributed by atoms with Crippen LogP contribution in [0.2, 0.25) is 0 Å². The molecule has 0 aromatic heterocycles. The molecule has 0 spiro atoms. The number of hydrogen-bond acceptors (Lipinski definition) is 5. The van der Waals surface area contributed by atoms with Crippen LogP contribution in [0.1, 0.15) is 34.3 Å². The van der Waals surface area contributed by atoms with Crippen molar-refractivity contribution in [3.63, 3.8) is 0 Å². The van der Waals surface area contributed by atoms with Crippen LogP contribution in [0.3, 0.4) is 0 Å². The second-order valence-electron chi connectivity index (χ2n) is 9.18. The fourth-order valence-electron chi connectivity index (χ4n) is 4.99. The number of nitrogens with zero attached hydrogens (tertiary/aromatic N) is 4. The molecule has 3 aliphatic rings. The minimum Gasteiger partial charge on any atom is -0.366 e. The zero-order valence-corrected chi connectivity index (χ0v) is 19.5. The molecule has 3 heterocycles. The lowest BCUT2D eigenvalue weighted by molar-refractivity contribution is -0.137. The topological polar surface area (TPSA) is 94.4 Å². The molecule has 9 nitrogen and oxygen atoms in total. The summed E-state index contributed by atoms with van der Waals surface area (Å²) in [5.74, 6) is -1.82. The smallest absolute Gasteiger partial charge is 0.255 e. The summed E-state index contributed by atoms with van der Waals surface area (Å²) >= 11 is 0. The van der Waals surface area contributed by atoms with E-state index in [1.54, 1.807) is 35.2 Å². The van der Waals surface area contributed by atoms with Crippen LogP contribution in [0.15, 0.2) is 36.4 Å². The van der Waals surface area contributed by atoms with Gasteiger partial charge in [0.2, 0.25) is 17.7 Å². The predicted molar refractivity (Wildman–Crippen MR) is 128 cm³/mol. The Morgan fingerprint density at radius 3 is 2.47 bits per heavy atom. The van der Waals surface area contributed by atoms with E-state index in [2.05, 4.69) is 10.2 Å². The number of halogens is 1. The highest BCUT2D eigenvalue weighted by atomic mass is 19.1. The molecule has 36 heavy (non-hydrogen) atoms. The maximum atomic E-state index is 15.1. The summed E-state index contributed by atoms with van der Waals surface area (Å²) < 4.78 is 15.1. The fraction of sp³-hybridized carbons (Fsp3) is 0.346. The van der Waals surface area contributed by atoms with Crippen LogP contribution < -0.4 is 10.2 Å². The first-order valence-corrected chi connectivity index (χ1v) is 11.8. The summed E-state index contributed by atoms with van der Waals surface area (Å²) in [5.41, 5.74) is 2.61. The van der Waals surface area contributed by atoms with Gasteiger partial charge >= 0.3 is 0 Å². The van der Waals surface area contributed by atoms with Gasteiger partial charge in [0, 0.05) is 44.7 Å². The van der Waals surface area contributed by atoms with Crippen molar-refractivity contribution in [3.8, 4) is 0 Å². The SMILES string of the molecule is [C-]#[N+]c1ccc(CC(=O)N2CCN(c3cc4c(cc3F)C(=O)N(C3CCC(=O)NC3=O)C4)CC2)cc1. The molecular weight excluding hydrogens is 465 g/mol. The van der Waals surface area contributed by atoms with Crippen molar-refractivity contribution in [2.45, 2.75) is 31.8 Å². The Balaban J connectivity index is 1.23. The monoisotopic (exact) mass is 489 g/mol. The second-order valence-corrected chi connectivity index (χ2v) is 9.18. The lowest BCUT2D eigenvalue weighted by atomic mass is 10.0. The lowest BCUT2D eigenvalue weighted by Crippen LogP contribution is -2.52. The largest absolute Gasteiger partial charge is 0.366 e. The molecule has 10 heteroatoms. The summed E-state index contributed by atoms with van der Waals surface area (Å²) in [6.45, 7) is 8.97. The Morgan fingerprint density at radius 2 is 1.81 bits per heavy atom. The van der Waals surface area contributed by atoms with E-state index in [-0.39, 0.29) is 43.2 Å². The predicted octanol–water partition coefficient (Wildman–Crippen LogP) is 2.03. The molecule has 0 aliphatic carbocycles. The molecule has 184 valence electrons. The first kappa shape index (κ1) is 23.5. The summed E-state index contributed by atoms with van der Waals surface area (Å²) in [5, 5.41) is 2.26. The Hall–Kier alpha value is -4.26. The van der Waals surface area contributed by atoms with Crippen molar-refractivity contribution in [2.75, 3.05) is 31.1 Å². The van der Waals surface area contributed by atoms with Gasteiger partial charge in [-0.25, -0.2) is 9.24 Å². The van der Waals surface area contributed by atoms with Crippen LogP contribution in [0.4, 0.5) is 15.8 Å². The van der Waals surface area contributed by atoms with E-state index in [0.717, 1.165) is 5.56 Å². The highest BCUT2D eigenvalue weighted by molar-refractivity contribution is 6.05. The van der Waals surface area contributed by atoms with Gasteiger partial charge in [0.25, 0.3) is 5.91 Å². The number of nitrogens with one attached hydrogen (secondary N) is 1. The number of carbonyl (C=O) groups excluding carboxylic acids is 4. The standard InChI is InChI=1S/C26H24FN5O4/c1-28-18-4-2-16(3-5-18)12-24(34)31-10-8-30(9-11-31)22-13-17-15-32(26(36)19(17)14-20(22)27)21-6-7-23(33)29-25(21)35/h2-5,13-14,21H,6-12,15H2,(H,29,33,35). The molecule has 5 rings (SSSR count). The average Bonchev–Trinajstić information content (AvgIpc) is 3.19. The fourth-order valence-corrected chi connectivity index (χ4v) is 4.99. The van der Waals surface area contributed by atoms with Crippen LogP contribution in [-0.2, 0) is 27.3 Å². The molecule has 4 amide bonds. The third kappa shape index (κ3) is 4.40. The molecule has 1 unspecified atom stereocenters. The summed E-state index contributed by atoms with van der Waals surface area (Å²) in [7, 11) is 0. The second kappa shape index (κ2) is 9.41. The van der Waals surface area contributed by atoms with Gasteiger partial charge in [0.05, 0.1) is 18.7 Å². The minimum absolute atomic E-state index is 0.0230. The Morgan fingerprint density at radius 1 is 1.08 bits per heavy atom. The molecule has 0 saturated carbocycles. The van der Waals surface area contributed by atoms with Crippen LogP contribution >= 0.6 is 0 Å². The van der Waals surface area contributed by atoms with Gasteiger partial charge < -0.3 is 14.7 Å². The number of anilines is 1. The average molecular weight is 490 g/mol. The molecular formula is C26H24FN5O4. The van der Waals surface area contributed by atoms with Gasteiger partial charge in [-0.05, 0) is 29.7 Å². The number of hydrogen-bond donors (Lipinski definition) is 1. The minimum atomic E-state index is -0.749. The van der Waals surface area contributed by atoms with Crippen LogP contribution in [0.5, 0.6) is 0 Å². The Kier molecular flexibility index (Phi) is 6.14. The van der Waals surface area contributed by atoms with E-state index < -0.39 is 23.7 Å². The van der Waals surface area contributed by atoms with Crippen LogP contribution in [0.25, 0.3) is 4.85 Å². The number of imide groups is 1. The number of fused-ring (bicyclic) bond motifs is 1. The van der Waals surface area contributed by atoms with Gasteiger partial charge in [-0.1, -0.05) is 24.3 Å². The zero-order chi connectivity index (χ0) is 25.4. The summed E-state index contributed by atoms with van der Waals surface area (Å²) in [6.07, 6.45) is 0.647. The van der Waals surface area contributed by atoms with Crippen molar-refractivity contribution in [2.24, 2.45) is 0 Å². The molecule has 2 aromatic carbocycles. The van der Waals surface area contributed by atoms with E-state index in [0.29, 0.717) is 43.1 Å². The van der Waals surface area contributed by atoms with E-state index in [1.807, 2.05) is 4.90 Å². The first-order chi connectivity index (χ1) is 17.3. The number of amides is 4. The Labute approximate surface area is 207 Å². The third-order valence-corrected chi connectivity index (χ3v) is 6.98. The number of piperazine rings is 1. The molecule has 0 bridgehead atoms. The van der Waals surface area contributed by atoms with Gasteiger partial charge in [0.15, 0.2) is 5.69 Å². The maximum absolute atomic E-state index is 15.1. The normalized spacial score (nSPS) is 19.7. The van der Waals surface area contributed by atoms with Crippen LogP contribution in [0, 0.1) is 12.4 Å². The molecule has 1 N–H and O–H groups in total. The molecule has 0 radical (unpaired) electrons. The van der Waals surface area contributed by atoms with E-state index in [9.17, 15) is 19.2 Å². The highest BCUT2D eigenvalue weighted by Crippen LogP contribution is 2.33. The zero-order valence-electron chi connectivity index (χ0n) is 19.5. The van der Waals surface area contributed by atoms with Crippen LogP contribution in [-0.4, -0.2) is 65.6 Å². The van der Waals surface area contributed by atoms with Crippen molar-refractivity contribution in [3.05, 3.63) is 70.3 Å². The highest BCUT2D eigenvalue weighted by Gasteiger charge is 2.40. The summed E-state index contributed by atoms with van der Waals surface area (Å²) in [4.78, 5) is 57.7. The number of rotatable bonds is 4. The van der Waals surface area contributed by atoms with Gasteiger partial charge in [0.1, 0.15) is 11.9 Å². The van der Waals surface area contributed by atoms with E-state index in [4.69, 9.17) is 6.57 Å². The van der Waals surface area contributed by atoms with Crippen molar-refractivity contribution >= 4 is 35.0 Å². The summed E-state index contributed by atoms with van der Waals surface area (Å²) in [6, 6.07) is 9.07. The maximum Gasteiger partial charge on any atom is 0.255 e. The number of benzene rings is 2. The van der Waals surface area contributed by atoms with Gasteiger partial charge in [-0.3, -0.25) is 24.5 Å². The lowest BCUT2D eigenvalue weighted by Gasteiger charge is -2.36. The number of piperidine rings is 1. The van der Waals surface area contributed by atoms with Gasteiger partial charge in [-0.15, -0.1) is 0 Å². The molecule has 3 aliphatic heterocycles. The molecule has 2 aromatic rings. The van der Waals surface area contributed by atoms with Crippen molar-refractivity contribution < 1.29 is 23.6 Å². The molecule has 2 saturated heterocycles. The van der Waals surface area contributed by atoms with Crippen molar-refractivity contribution in [1.82, 2.24) is 15.1 Å². The third-order valence-electron chi connectivity index (χ3n) is 6.98. The molecule has 2 fully saturated rings.